The molecule has 0 saturated carbocycles. The molecule has 5 heteroatoms. The van der Waals surface area contributed by atoms with Crippen LogP contribution in [0.25, 0.3) is 16.6 Å². The Kier molecular flexibility index (Phi) is 4.30. The van der Waals surface area contributed by atoms with Gasteiger partial charge in [-0.3, -0.25) is 4.79 Å². The molecule has 2 aromatic heterocycles. The summed E-state index contributed by atoms with van der Waals surface area (Å²) in [6, 6.07) is 2.30. The number of amides is 1. The Labute approximate surface area is 147 Å². The number of carbonyl (C=O) groups is 1. The monoisotopic (exact) mass is 336 g/mol. The van der Waals surface area contributed by atoms with E-state index in [1.54, 1.807) is 0 Å². The summed E-state index contributed by atoms with van der Waals surface area (Å²) in [5.41, 5.74) is 4.70. The molecular weight excluding hydrogens is 312 g/mol. The van der Waals surface area contributed by atoms with E-state index < -0.39 is 0 Å². The first-order chi connectivity index (χ1) is 12.3. The Hall–Kier alpha value is -2.56. The highest BCUT2D eigenvalue weighted by Gasteiger charge is 2.23. The van der Waals surface area contributed by atoms with E-state index in [4.69, 9.17) is 0 Å². The third-order valence-electron chi connectivity index (χ3n) is 5.23. The summed E-state index contributed by atoms with van der Waals surface area (Å²) in [6.07, 6.45) is 13.3. The van der Waals surface area contributed by atoms with Crippen LogP contribution in [0.1, 0.15) is 37.7 Å². The van der Waals surface area contributed by atoms with Gasteiger partial charge < -0.3 is 15.2 Å². The molecule has 0 bridgehead atoms. The number of allylic oxidation sites excluding steroid dienone is 2. The zero-order chi connectivity index (χ0) is 17.2. The largest absolute Gasteiger partial charge is 0.380 e. The number of nitrogens with one attached hydrogen (secondary N) is 2. The van der Waals surface area contributed by atoms with E-state index in [0.717, 1.165) is 50.1 Å². The van der Waals surface area contributed by atoms with Crippen molar-refractivity contribution in [3.05, 3.63) is 42.8 Å². The Morgan fingerprint density at radius 3 is 3.16 bits per heavy atom. The third kappa shape index (κ3) is 3.06. The first-order valence-corrected chi connectivity index (χ1v) is 9.09. The second-order valence-corrected chi connectivity index (χ2v) is 6.88. The zero-order valence-electron chi connectivity index (χ0n) is 14.4. The summed E-state index contributed by atoms with van der Waals surface area (Å²) in [6.45, 7) is 5.14. The van der Waals surface area contributed by atoms with Crippen LogP contribution < -0.4 is 5.32 Å². The number of pyridine rings is 1. The summed E-state index contributed by atoms with van der Waals surface area (Å²) in [7, 11) is 0. The molecule has 0 unspecified atom stereocenters. The van der Waals surface area contributed by atoms with Crippen LogP contribution in [-0.4, -0.2) is 39.9 Å². The topological polar surface area (TPSA) is 61.0 Å². The Balaban J connectivity index is 1.62. The predicted molar refractivity (Wildman–Crippen MR) is 101 cm³/mol. The molecule has 1 amide bonds. The van der Waals surface area contributed by atoms with Crippen LogP contribution in [0.15, 0.2) is 37.2 Å². The first kappa shape index (κ1) is 15.9. The smallest absolute Gasteiger partial charge is 0.246 e. The van der Waals surface area contributed by atoms with Crippen molar-refractivity contribution in [1.82, 2.24) is 14.9 Å². The molecule has 0 aromatic carbocycles. The molecule has 2 N–H and O–H groups in total. The van der Waals surface area contributed by atoms with E-state index >= 15 is 0 Å². The SMILES string of the molecule is C=CC(=O)N1CCC[C@@H](Nc2ccnc3[nH]cc(C4=CCCC4)c23)C1. The molecule has 3 heterocycles. The lowest BCUT2D eigenvalue weighted by atomic mass is 10.0. The second kappa shape index (κ2) is 6.75. The van der Waals surface area contributed by atoms with Gasteiger partial charge >= 0.3 is 0 Å². The molecule has 1 fully saturated rings. The molecule has 25 heavy (non-hydrogen) atoms. The van der Waals surface area contributed by atoms with Gasteiger partial charge in [-0.2, -0.15) is 0 Å². The van der Waals surface area contributed by atoms with E-state index in [2.05, 4.69) is 34.1 Å². The van der Waals surface area contributed by atoms with Gasteiger partial charge in [-0.1, -0.05) is 12.7 Å². The number of hydrogen-bond donors (Lipinski definition) is 2. The molecule has 5 nitrogen and oxygen atoms in total. The quantitative estimate of drug-likeness (QED) is 0.837. The van der Waals surface area contributed by atoms with Crippen LogP contribution in [0.4, 0.5) is 5.69 Å². The first-order valence-electron chi connectivity index (χ1n) is 9.09. The molecule has 2 aromatic rings. The highest BCUT2D eigenvalue weighted by Crippen LogP contribution is 2.36. The number of aromatic nitrogens is 2. The van der Waals surface area contributed by atoms with Crippen molar-refractivity contribution in [2.45, 2.75) is 38.1 Å². The van der Waals surface area contributed by atoms with Crippen LogP contribution in [0.3, 0.4) is 0 Å². The predicted octanol–water partition coefficient (Wildman–Crippen LogP) is 3.72. The second-order valence-electron chi connectivity index (χ2n) is 6.88. The van der Waals surface area contributed by atoms with Crippen molar-refractivity contribution < 1.29 is 4.79 Å². The van der Waals surface area contributed by atoms with Crippen LogP contribution >= 0.6 is 0 Å². The Morgan fingerprint density at radius 1 is 1.44 bits per heavy atom. The number of rotatable bonds is 4. The number of fused-ring (bicyclic) bond motifs is 1. The number of nitrogens with zero attached hydrogens (tertiary/aromatic N) is 2. The fraction of sp³-hybridized carbons (Fsp3) is 0.400. The van der Waals surface area contributed by atoms with Crippen molar-refractivity contribution in [2.24, 2.45) is 0 Å². The molecule has 4 rings (SSSR count). The molecule has 0 radical (unpaired) electrons. The number of likely N-dealkylation sites (tertiary alicyclic amines) is 1. The Morgan fingerprint density at radius 2 is 2.36 bits per heavy atom. The number of hydrogen-bond acceptors (Lipinski definition) is 3. The van der Waals surface area contributed by atoms with E-state index in [1.807, 2.05) is 17.2 Å². The molecular formula is C20H24N4O. The summed E-state index contributed by atoms with van der Waals surface area (Å²) in [5.74, 6) is 0.0184. The van der Waals surface area contributed by atoms with Gasteiger partial charge in [0.05, 0.1) is 0 Å². The van der Waals surface area contributed by atoms with Crippen LogP contribution in [0.2, 0.25) is 0 Å². The lowest BCUT2D eigenvalue weighted by Gasteiger charge is -2.33. The summed E-state index contributed by atoms with van der Waals surface area (Å²) in [4.78, 5) is 21.6. The molecule has 1 aliphatic carbocycles. The average molecular weight is 336 g/mol. The van der Waals surface area contributed by atoms with Gasteiger partial charge in [0, 0.05) is 48.2 Å². The summed E-state index contributed by atoms with van der Waals surface area (Å²) < 4.78 is 0. The van der Waals surface area contributed by atoms with Crippen molar-refractivity contribution >= 4 is 28.2 Å². The third-order valence-corrected chi connectivity index (χ3v) is 5.23. The molecule has 2 aliphatic rings. The van der Waals surface area contributed by atoms with Crippen molar-refractivity contribution in [1.29, 1.82) is 0 Å². The molecule has 130 valence electrons. The minimum Gasteiger partial charge on any atom is -0.380 e. The maximum atomic E-state index is 11.9. The zero-order valence-corrected chi connectivity index (χ0v) is 14.4. The number of aromatic amines is 1. The summed E-state index contributed by atoms with van der Waals surface area (Å²) in [5, 5.41) is 4.84. The maximum Gasteiger partial charge on any atom is 0.246 e. The van der Waals surface area contributed by atoms with Crippen molar-refractivity contribution in [2.75, 3.05) is 18.4 Å². The fourth-order valence-electron chi connectivity index (χ4n) is 3.99. The number of H-pyrrole nitrogens is 1. The van der Waals surface area contributed by atoms with Gasteiger partial charge in [-0.15, -0.1) is 0 Å². The maximum absolute atomic E-state index is 11.9. The number of piperidine rings is 1. The molecule has 0 spiro atoms. The van der Waals surface area contributed by atoms with Crippen molar-refractivity contribution in [3.8, 4) is 0 Å². The normalized spacial score (nSPS) is 20.6. The van der Waals surface area contributed by atoms with E-state index in [0.29, 0.717) is 0 Å². The lowest BCUT2D eigenvalue weighted by molar-refractivity contribution is -0.127. The van der Waals surface area contributed by atoms with Crippen molar-refractivity contribution in [3.63, 3.8) is 0 Å². The van der Waals surface area contributed by atoms with Gasteiger partial charge in [0.15, 0.2) is 0 Å². The number of anilines is 1. The van der Waals surface area contributed by atoms with Gasteiger partial charge in [-0.05, 0) is 49.8 Å². The fourth-order valence-corrected chi connectivity index (χ4v) is 3.99. The van der Waals surface area contributed by atoms with Gasteiger partial charge in [-0.25, -0.2) is 4.98 Å². The minimum absolute atomic E-state index is 0.0184. The standard InChI is InChI=1S/C20H24N4O/c1-2-18(25)24-11-5-8-15(13-24)23-17-9-10-21-20-19(17)16(12-22-20)14-6-3-4-7-14/h2,6,9-10,12,15H,1,3-5,7-8,11,13H2,(H2,21,22,23)/t15-/m1/s1. The van der Waals surface area contributed by atoms with Crippen LogP contribution in [0, 0.1) is 0 Å². The average Bonchev–Trinajstić information content (AvgIpc) is 3.31. The lowest BCUT2D eigenvalue weighted by Crippen LogP contribution is -2.44. The van der Waals surface area contributed by atoms with Crippen LogP contribution in [0.5, 0.6) is 0 Å². The van der Waals surface area contributed by atoms with Crippen LogP contribution in [-0.2, 0) is 4.79 Å². The summed E-state index contributed by atoms with van der Waals surface area (Å²) >= 11 is 0. The molecule has 1 atom stereocenters. The highest BCUT2D eigenvalue weighted by atomic mass is 16.2. The van der Waals surface area contributed by atoms with Gasteiger partial charge in [0.25, 0.3) is 0 Å². The van der Waals surface area contributed by atoms with E-state index in [-0.39, 0.29) is 11.9 Å². The minimum atomic E-state index is 0.0184. The van der Waals surface area contributed by atoms with E-state index in [9.17, 15) is 4.79 Å². The van der Waals surface area contributed by atoms with Gasteiger partial charge in [0.2, 0.25) is 5.91 Å². The van der Waals surface area contributed by atoms with Gasteiger partial charge in [0.1, 0.15) is 5.65 Å². The highest BCUT2D eigenvalue weighted by molar-refractivity contribution is 5.99. The molecule has 1 saturated heterocycles. The van der Waals surface area contributed by atoms with E-state index in [1.165, 1.54) is 29.0 Å². The number of carbonyl (C=O) groups excluding carboxylic acids is 1. The Bertz CT molecular complexity index is 835. The molecule has 1 aliphatic heterocycles.